The van der Waals surface area contributed by atoms with Crippen LogP contribution in [0.2, 0.25) is 0 Å². The average Bonchev–Trinajstić information content (AvgIpc) is 3.32. The smallest absolute Gasteiger partial charge is 0.330 e. The van der Waals surface area contributed by atoms with Gasteiger partial charge in [0.2, 0.25) is 15.9 Å². The minimum Gasteiger partial charge on any atom is -0.467 e. The van der Waals surface area contributed by atoms with Crippen molar-refractivity contribution in [3.8, 4) is 0 Å². The highest BCUT2D eigenvalue weighted by atomic mass is 32.2. The monoisotopic (exact) mass is 489 g/mol. The SMILES string of the molecule is CCCCn1c(N)c(N(Cc2ccco2)C(=O)CN(C)S(=O)(=O)c2ccccc2)c(=O)[nH]c1=O. The van der Waals surface area contributed by atoms with Crippen LogP contribution in [0.25, 0.3) is 0 Å². The molecule has 1 amide bonds. The summed E-state index contributed by atoms with van der Waals surface area (Å²) in [7, 11) is -2.70. The van der Waals surface area contributed by atoms with Crippen molar-refractivity contribution in [3.05, 3.63) is 75.3 Å². The van der Waals surface area contributed by atoms with Crippen LogP contribution >= 0.6 is 0 Å². The molecule has 0 aliphatic carbocycles. The molecule has 0 saturated carbocycles. The van der Waals surface area contributed by atoms with E-state index in [0.717, 1.165) is 15.6 Å². The van der Waals surface area contributed by atoms with E-state index in [9.17, 15) is 22.8 Å². The highest BCUT2D eigenvalue weighted by Crippen LogP contribution is 2.21. The fourth-order valence-corrected chi connectivity index (χ4v) is 4.50. The van der Waals surface area contributed by atoms with Gasteiger partial charge < -0.3 is 10.2 Å². The standard InChI is InChI=1S/C22H27N5O6S/c1-3-4-12-26-20(23)19(21(29)24-22(26)30)27(14-16-9-8-13-33-16)18(28)15-25(2)34(31,32)17-10-6-5-7-11-17/h5-11,13H,3-4,12,14-15,23H2,1-2H3,(H,24,29,30). The van der Waals surface area contributed by atoms with Gasteiger partial charge in [0.05, 0.1) is 24.2 Å². The highest BCUT2D eigenvalue weighted by Gasteiger charge is 2.29. The van der Waals surface area contributed by atoms with Crippen LogP contribution in [0.4, 0.5) is 11.5 Å². The Morgan fingerprint density at radius 1 is 1.15 bits per heavy atom. The quantitative estimate of drug-likeness (QED) is 0.436. The Balaban J connectivity index is 2.01. The summed E-state index contributed by atoms with van der Waals surface area (Å²) >= 11 is 0. The maximum Gasteiger partial charge on any atom is 0.330 e. The van der Waals surface area contributed by atoms with Crippen LogP contribution in [0.15, 0.2) is 67.6 Å². The van der Waals surface area contributed by atoms with Gasteiger partial charge in [-0.1, -0.05) is 31.5 Å². The number of nitrogens with zero attached hydrogens (tertiary/aromatic N) is 3. The van der Waals surface area contributed by atoms with Gasteiger partial charge in [0.15, 0.2) is 5.69 Å². The molecule has 3 aromatic rings. The maximum absolute atomic E-state index is 13.4. The van der Waals surface area contributed by atoms with Gasteiger partial charge >= 0.3 is 5.69 Å². The van der Waals surface area contributed by atoms with Crippen molar-refractivity contribution in [2.24, 2.45) is 0 Å². The van der Waals surface area contributed by atoms with Gasteiger partial charge in [0, 0.05) is 13.6 Å². The fraction of sp³-hybridized carbons (Fsp3) is 0.318. The number of nitrogen functional groups attached to an aromatic ring is 1. The second-order valence-corrected chi connectivity index (χ2v) is 9.68. The average molecular weight is 490 g/mol. The number of benzene rings is 1. The predicted molar refractivity (Wildman–Crippen MR) is 127 cm³/mol. The third-order valence-corrected chi connectivity index (χ3v) is 7.04. The molecule has 0 atom stereocenters. The number of amides is 1. The van der Waals surface area contributed by atoms with Gasteiger partial charge in [-0.25, -0.2) is 13.2 Å². The molecule has 0 saturated heterocycles. The Morgan fingerprint density at radius 2 is 1.85 bits per heavy atom. The zero-order valence-corrected chi connectivity index (χ0v) is 19.7. The second-order valence-electron chi connectivity index (χ2n) is 7.63. The minimum atomic E-state index is -3.97. The normalized spacial score (nSPS) is 11.6. The van der Waals surface area contributed by atoms with E-state index in [1.165, 1.54) is 30.0 Å². The number of anilines is 2. The van der Waals surface area contributed by atoms with E-state index in [1.807, 2.05) is 6.92 Å². The lowest BCUT2D eigenvalue weighted by Gasteiger charge is -2.26. The van der Waals surface area contributed by atoms with E-state index in [4.69, 9.17) is 10.2 Å². The molecule has 0 fully saturated rings. The number of rotatable bonds is 10. The molecule has 0 aliphatic rings. The lowest BCUT2D eigenvalue weighted by atomic mass is 10.3. The molecule has 0 spiro atoms. The number of H-pyrrole nitrogens is 1. The predicted octanol–water partition coefficient (Wildman–Crippen LogP) is 1.37. The summed E-state index contributed by atoms with van der Waals surface area (Å²) in [6.07, 6.45) is 2.80. The second kappa shape index (κ2) is 10.5. The number of hydrogen-bond acceptors (Lipinski definition) is 7. The number of aromatic nitrogens is 2. The summed E-state index contributed by atoms with van der Waals surface area (Å²) in [5, 5.41) is 0. The number of furan rings is 1. The number of unbranched alkanes of at least 4 members (excludes halogenated alkanes) is 1. The van der Waals surface area contributed by atoms with E-state index in [-0.39, 0.29) is 29.5 Å². The van der Waals surface area contributed by atoms with Crippen molar-refractivity contribution in [3.63, 3.8) is 0 Å². The molecule has 182 valence electrons. The van der Waals surface area contributed by atoms with Crippen LogP contribution in [0, 0.1) is 0 Å². The Hall–Kier alpha value is -3.64. The molecule has 0 bridgehead atoms. The largest absolute Gasteiger partial charge is 0.467 e. The minimum absolute atomic E-state index is 0.0216. The molecule has 0 aliphatic heterocycles. The van der Waals surface area contributed by atoms with Crippen LogP contribution in [0.3, 0.4) is 0 Å². The topological polar surface area (TPSA) is 152 Å². The number of aromatic amines is 1. The highest BCUT2D eigenvalue weighted by molar-refractivity contribution is 7.89. The summed E-state index contributed by atoms with van der Waals surface area (Å²) in [6.45, 7) is 1.41. The molecular formula is C22H27N5O6S. The Morgan fingerprint density at radius 3 is 2.47 bits per heavy atom. The summed E-state index contributed by atoms with van der Waals surface area (Å²) in [5.41, 5.74) is 4.40. The number of hydrogen-bond donors (Lipinski definition) is 2. The van der Waals surface area contributed by atoms with Crippen molar-refractivity contribution in [1.82, 2.24) is 13.9 Å². The summed E-state index contributed by atoms with van der Waals surface area (Å²) in [4.78, 5) is 41.7. The van der Waals surface area contributed by atoms with Gasteiger partial charge in [-0.3, -0.25) is 24.0 Å². The first-order valence-electron chi connectivity index (χ1n) is 10.6. The molecule has 3 rings (SSSR count). The van der Waals surface area contributed by atoms with E-state index >= 15 is 0 Å². The van der Waals surface area contributed by atoms with Crippen LogP contribution in [-0.2, 0) is 27.9 Å². The maximum atomic E-state index is 13.4. The van der Waals surface area contributed by atoms with Crippen molar-refractivity contribution in [2.45, 2.75) is 37.8 Å². The number of nitrogens with one attached hydrogen (secondary N) is 1. The van der Waals surface area contributed by atoms with Crippen molar-refractivity contribution >= 4 is 27.4 Å². The molecule has 2 aromatic heterocycles. The Labute approximate surface area is 196 Å². The number of nitrogens with two attached hydrogens (primary N) is 1. The fourth-order valence-electron chi connectivity index (χ4n) is 3.36. The van der Waals surface area contributed by atoms with E-state index < -0.39 is 33.7 Å². The first-order chi connectivity index (χ1) is 16.2. The molecule has 3 N–H and O–H groups in total. The summed E-state index contributed by atoms with van der Waals surface area (Å²) < 4.78 is 33.2. The zero-order chi connectivity index (χ0) is 24.9. The molecule has 2 heterocycles. The molecule has 12 heteroatoms. The molecule has 0 radical (unpaired) electrons. The Kier molecular flexibility index (Phi) is 7.74. The van der Waals surface area contributed by atoms with Crippen LogP contribution in [0.1, 0.15) is 25.5 Å². The van der Waals surface area contributed by atoms with Gasteiger partial charge in [-0.05, 0) is 30.7 Å². The number of carbonyl (C=O) groups excluding carboxylic acids is 1. The Bertz CT molecular complexity index is 1350. The summed E-state index contributed by atoms with van der Waals surface area (Å²) in [6, 6.07) is 10.9. The third kappa shape index (κ3) is 5.29. The molecular weight excluding hydrogens is 462 g/mol. The van der Waals surface area contributed by atoms with Gasteiger partial charge in [0.1, 0.15) is 11.6 Å². The first-order valence-corrected chi connectivity index (χ1v) is 12.1. The van der Waals surface area contributed by atoms with E-state index in [1.54, 1.807) is 30.3 Å². The summed E-state index contributed by atoms with van der Waals surface area (Å²) in [5.74, 6) is -0.570. The lowest BCUT2D eigenvalue weighted by molar-refractivity contribution is -0.118. The molecule has 11 nitrogen and oxygen atoms in total. The van der Waals surface area contributed by atoms with E-state index in [0.29, 0.717) is 12.2 Å². The lowest BCUT2D eigenvalue weighted by Crippen LogP contribution is -2.45. The number of likely N-dealkylation sites (N-methyl/N-ethyl adjacent to an activating group) is 1. The van der Waals surface area contributed by atoms with Crippen molar-refractivity contribution in [2.75, 3.05) is 24.2 Å². The van der Waals surface area contributed by atoms with Gasteiger partial charge in [-0.15, -0.1) is 0 Å². The van der Waals surface area contributed by atoms with Crippen LogP contribution in [0.5, 0.6) is 0 Å². The van der Waals surface area contributed by atoms with E-state index in [2.05, 4.69) is 4.98 Å². The van der Waals surface area contributed by atoms with Crippen LogP contribution < -0.4 is 21.9 Å². The third-order valence-electron chi connectivity index (χ3n) is 5.22. The van der Waals surface area contributed by atoms with Crippen molar-refractivity contribution < 1.29 is 17.6 Å². The van der Waals surface area contributed by atoms with Gasteiger partial charge in [0.25, 0.3) is 5.56 Å². The zero-order valence-electron chi connectivity index (χ0n) is 18.9. The van der Waals surface area contributed by atoms with Crippen LogP contribution in [-0.4, -0.2) is 41.8 Å². The molecule has 1 aromatic carbocycles. The van der Waals surface area contributed by atoms with Crippen molar-refractivity contribution in [1.29, 1.82) is 0 Å². The number of sulfonamides is 1. The number of carbonyl (C=O) groups is 1. The first kappa shape index (κ1) is 25.0. The van der Waals surface area contributed by atoms with Gasteiger partial charge in [-0.2, -0.15) is 4.31 Å². The molecule has 0 unspecified atom stereocenters. The molecule has 34 heavy (non-hydrogen) atoms.